The number of nitrogens with one attached hydrogen (secondary N) is 1. The Morgan fingerprint density at radius 2 is 1.87 bits per heavy atom. The Hall–Kier alpha value is -2.94. The van der Waals surface area contributed by atoms with Gasteiger partial charge < -0.3 is 20.1 Å². The Balaban J connectivity index is 2.20. The summed E-state index contributed by atoms with van der Waals surface area (Å²) in [7, 11) is 0. The molecule has 6 nitrogen and oxygen atoms in total. The zero-order valence-electron chi connectivity index (χ0n) is 16.2. The largest absolute Gasteiger partial charge is 0.503 e. The summed E-state index contributed by atoms with van der Waals surface area (Å²) in [6.45, 7) is 3.14. The number of carbonyl (C=O) groups excluding carboxylic acids is 2. The van der Waals surface area contributed by atoms with Gasteiger partial charge in [0.05, 0.1) is 22.9 Å². The van der Waals surface area contributed by atoms with Crippen molar-refractivity contribution in [1.82, 2.24) is 4.90 Å². The quantitative estimate of drug-likeness (QED) is 0.656. The number of amides is 2. The minimum atomic E-state index is -4.64. The number of phenols is 1. The summed E-state index contributed by atoms with van der Waals surface area (Å²) >= 11 is 5.93. The van der Waals surface area contributed by atoms with Crippen LogP contribution < -0.4 is 10.1 Å². The average molecular weight is 445 g/mol. The van der Waals surface area contributed by atoms with Crippen LogP contribution in [0.1, 0.15) is 29.8 Å². The number of para-hydroxylation sites is 1. The summed E-state index contributed by atoms with van der Waals surface area (Å²) in [5.41, 5.74) is -1.32. The van der Waals surface area contributed by atoms with Gasteiger partial charge in [0.1, 0.15) is 6.54 Å². The number of anilines is 1. The van der Waals surface area contributed by atoms with E-state index in [4.69, 9.17) is 16.3 Å². The molecule has 0 aromatic heterocycles. The maximum Gasteiger partial charge on any atom is 0.418 e. The Kier molecular flexibility index (Phi) is 7.55. The number of halogens is 4. The number of aromatic hydroxyl groups is 1. The van der Waals surface area contributed by atoms with E-state index in [1.54, 1.807) is 13.8 Å². The van der Waals surface area contributed by atoms with Gasteiger partial charge in [-0.25, -0.2) is 0 Å². The lowest BCUT2D eigenvalue weighted by atomic mass is 10.1. The molecule has 2 aromatic rings. The average Bonchev–Trinajstić information content (AvgIpc) is 2.68. The highest BCUT2D eigenvalue weighted by Gasteiger charge is 2.33. The molecule has 2 rings (SSSR count). The van der Waals surface area contributed by atoms with Gasteiger partial charge >= 0.3 is 6.18 Å². The minimum absolute atomic E-state index is 0.00737. The predicted molar refractivity (Wildman–Crippen MR) is 106 cm³/mol. The van der Waals surface area contributed by atoms with Gasteiger partial charge in [0, 0.05) is 12.1 Å². The van der Waals surface area contributed by atoms with E-state index in [2.05, 4.69) is 5.32 Å². The van der Waals surface area contributed by atoms with Gasteiger partial charge in [0.2, 0.25) is 5.91 Å². The van der Waals surface area contributed by atoms with Crippen molar-refractivity contribution in [1.29, 1.82) is 0 Å². The summed E-state index contributed by atoms with van der Waals surface area (Å²) in [5, 5.41) is 12.0. The standard InChI is InChI=1S/C20H20ClF3N2O4/c1-3-26(19(29)12-9-14(21)18(28)16(10-12)30-4-2)11-17(27)25-15-8-6-5-7-13(15)20(22,23)24/h5-10,28H,3-4,11H2,1-2H3,(H,25,27). The molecule has 0 aliphatic heterocycles. The highest BCUT2D eigenvalue weighted by atomic mass is 35.5. The van der Waals surface area contributed by atoms with Crippen LogP contribution in [0.4, 0.5) is 18.9 Å². The molecule has 0 heterocycles. The van der Waals surface area contributed by atoms with Crippen molar-refractivity contribution in [2.45, 2.75) is 20.0 Å². The third kappa shape index (κ3) is 5.56. The van der Waals surface area contributed by atoms with Gasteiger partial charge in [0.25, 0.3) is 5.91 Å². The number of benzene rings is 2. The van der Waals surface area contributed by atoms with E-state index in [1.807, 2.05) is 0 Å². The van der Waals surface area contributed by atoms with Crippen molar-refractivity contribution in [2.24, 2.45) is 0 Å². The molecular weight excluding hydrogens is 425 g/mol. The van der Waals surface area contributed by atoms with Crippen LogP contribution in [-0.4, -0.2) is 41.5 Å². The second kappa shape index (κ2) is 9.71. The number of hydrogen-bond donors (Lipinski definition) is 2. The van der Waals surface area contributed by atoms with Crippen molar-refractivity contribution in [2.75, 3.05) is 25.0 Å². The first-order valence-corrected chi connectivity index (χ1v) is 9.36. The maximum absolute atomic E-state index is 13.1. The summed E-state index contributed by atoms with van der Waals surface area (Å²) in [6.07, 6.45) is -4.64. The second-order valence-corrected chi connectivity index (χ2v) is 6.56. The molecule has 2 amide bonds. The van der Waals surface area contributed by atoms with E-state index in [1.165, 1.54) is 24.3 Å². The fraction of sp³-hybridized carbons (Fsp3) is 0.300. The smallest absolute Gasteiger partial charge is 0.418 e. The molecule has 0 unspecified atom stereocenters. The number of alkyl halides is 3. The number of carbonyl (C=O) groups is 2. The molecule has 162 valence electrons. The summed E-state index contributed by atoms with van der Waals surface area (Å²) < 4.78 is 44.5. The van der Waals surface area contributed by atoms with Crippen LogP contribution in [0.5, 0.6) is 11.5 Å². The third-order valence-electron chi connectivity index (χ3n) is 4.09. The van der Waals surface area contributed by atoms with Crippen LogP contribution in [0.15, 0.2) is 36.4 Å². The molecule has 2 aromatic carbocycles. The zero-order valence-corrected chi connectivity index (χ0v) is 17.0. The number of nitrogens with zero attached hydrogens (tertiary/aromatic N) is 1. The molecule has 10 heteroatoms. The molecular formula is C20H20ClF3N2O4. The van der Waals surface area contributed by atoms with Crippen LogP contribution in [0, 0.1) is 0 Å². The minimum Gasteiger partial charge on any atom is -0.503 e. The van der Waals surface area contributed by atoms with Gasteiger partial charge in [-0.05, 0) is 38.1 Å². The highest BCUT2D eigenvalue weighted by molar-refractivity contribution is 6.32. The van der Waals surface area contributed by atoms with E-state index in [9.17, 15) is 27.9 Å². The summed E-state index contributed by atoms with van der Waals surface area (Å²) in [5.74, 6) is -1.70. The lowest BCUT2D eigenvalue weighted by molar-refractivity contribution is -0.137. The molecule has 0 saturated heterocycles. The summed E-state index contributed by atoms with van der Waals surface area (Å²) in [6, 6.07) is 7.07. The van der Waals surface area contributed by atoms with E-state index in [0.29, 0.717) is 0 Å². The van der Waals surface area contributed by atoms with Crippen LogP contribution >= 0.6 is 11.6 Å². The third-order valence-corrected chi connectivity index (χ3v) is 4.37. The van der Waals surface area contributed by atoms with E-state index < -0.39 is 35.8 Å². The van der Waals surface area contributed by atoms with Crippen LogP contribution in [0.2, 0.25) is 5.02 Å². The lowest BCUT2D eigenvalue weighted by Gasteiger charge is -2.22. The number of hydrogen-bond acceptors (Lipinski definition) is 4. The van der Waals surface area contributed by atoms with E-state index in [0.717, 1.165) is 17.0 Å². The van der Waals surface area contributed by atoms with E-state index in [-0.39, 0.29) is 35.2 Å². The fourth-order valence-electron chi connectivity index (χ4n) is 2.68. The number of likely N-dealkylation sites (N-methyl/N-ethyl adjacent to an activating group) is 1. The normalized spacial score (nSPS) is 11.1. The van der Waals surface area contributed by atoms with Crippen molar-refractivity contribution in [3.05, 3.63) is 52.5 Å². The van der Waals surface area contributed by atoms with Gasteiger partial charge in [-0.1, -0.05) is 23.7 Å². The van der Waals surface area contributed by atoms with Crippen molar-refractivity contribution in [3.63, 3.8) is 0 Å². The monoisotopic (exact) mass is 444 g/mol. The van der Waals surface area contributed by atoms with Gasteiger partial charge in [-0.2, -0.15) is 13.2 Å². The summed E-state index contributed by atoms with van der Waals surface area (Å²) in [4.78, 5) is 26.2. The molecule has 0 fully saturated rings. The zero-order chi connectivity index (χ0) is 22.5. The van der Waals surface area contributed by atoms with Crippen LogP contribution in [0.3, 0.4) is 0 Å². The van der Waals surface area contributed by atoms with Crippen molar-refractivity contribution >= 4 is 29.1 Å². The Morgan fingerprint density at radius 1 is 1.20 bits per heavy atom. The molecule has 0 aliphatic rings. The number of ether oxygens (including phenoxy) is 1. The second-order valence-electron chi connectivity index (χ2n) is 6.15. The Morgan fingerprint density at radius 3 is 2.47 bits per heavy atom. The molecule has 0 radical (unpaired) electrons. The van der Waals surface area contributed by atoms with Crippen LogP contribution in [-0.2, 0) is 11.0 Å². The molecule has 0 bridgehead atoms. The van der Waals surface area contributed by atoms with Crippen molar-refractivity contribution in [3.8, 4) is 11.5 Å². The fourth-order valence-corrected chi connectivity index (χ4v) is 2.89. The van der Waals surface area contributed by atoms with Gasteiger partial charge in [-0.15, -0.1) is 0 Å². The first kappa shape index (κ1) is 23.3. The first-order chi connectivity index (χ1) is 14.1. The Labute approximate surface area is 176 Å². The molecule has 0 saturated carbocycles. The SMILES string of the molecule is CCOc1cc(C(=O)N(CC)CC(=O)Nc2ccccc2C(F)(F)F)cc(Cl)c1O. The van der Waals surface area contributed by atoms with Crippen LogP contribution in [0.25, 0.3) is 0 Å². The number of rotatable bonds is 7. The lowest BCUT2D eigenvalue weighted by Crippen LogP contribution is -2.38. The first-order valence-electron chi connectivity index (χ1n) is 8.99. The Bertz CT molecular complexity index is 935. The van der Waals surface area contributed by atoms with Gasteiger partial charge in [-0.3, -0.25) is 9.59 Å². The predicted octanol–water partition coefficient (Wildman–Crippen LogP) is 4.56. The highest BCUT2D eigenvalue weighted by Crippen LogP contribution is 2.36. The van der Waals surface area contributed by atoms with E-state index >= 15 is 0 Å². The molecule has 30 heavy (non-hydrogen) atoms. The maximum atomic E-state index is 13.1. The van der Waals surface area contributed by atoms with Crippen molar-refractivity contribution < 1.29 is 32.6 Å². The van der Waals surface area contributed by atoms with Gasteiger partial charge in [0.15, 0.2) is 11.5 Å². The topological polar surface area (TPSA) is 78.9 Å². The molecule has 0 aliphatic carbocycles. The molecule has 0 atom stereocenters. The molecule has 2 N–H and O–H groups in total. The number of phenolic OH excluding ortho intramolecular Hbond substituents is 1. The molecule has 0 spiro atoms.